The number of hydrogen-bond acceptors (Lipinski definition) is 3. The lowest BCUT2D eigenvalue weighted by Gasteiger charge is -2.40. The van der Waals surface area contributed by atoms with Gasteiger partial charge in [0.1, 0.15) is 12.4 Å². The summed E-state index contributed by atoms with van der Waals surface area (Å²) in [5.74, 6) is 2.61. The number of nitrogens with zero attached hydrogens (tertiary/aromatic N) is 1. The molecule has 0 unspecified atom stereocenters. The quantitative estimate of drug-likeness (QED) is 0.924. The standard InChI is InChI=1S/C20H30N2O/c1-13(2)11-22-14(3)12-23-18-10-16-6-8-21-9-7-17(16)19(20(18)22)15-4-5-15/h10,13-15,21H,4-9,11-12H2,1-3H3/t14-/m0/s1. The van der Waals surface area contributed by atoms with E-state index in [1.807, 2.05) is 0 Å². The van der Waals surface area contributed by atoms with Crippen molar-refractivity contribution < 1.29 is 4.74 Å². The molecular weight excluding hydrogens is 284 g/mol. The Morgan fingerprint density at radius 3 is 2.78 bits per heavy atom. The molecule has 1 aromatic carbocycles. The maximum Gasteiger partial charge on any atom is 0.143 e. The Balaban J connectivity index is 1.86. The number of rotatable bonds is 3. The topological polar surface area (TPSA) is 24.5 Å². The molecule has 0 spiro atoms. The molecule has 1 aromatic rings. The Hall–Kier alpha value is -1.22. The van der Waals surface area contributed by atoms with Gasteiger partial charge in [0.2, 0.25) is 0 Å². The Morgan fingerprint density at radius 2 is 2.04 bits per heavy atom. The third kappa shape index (κ3) is 2.84. The number of benzene rings is 1. The fourth-order valence-electron chi connectivity index (χ4n) is 4.25. The summed E-state index contributed by atoms with van der Waals surface area (Å²) in [5.41, 5.74) is 6.27. The second-order valence-corrected chi connectivity index (χ2v) is 8.01. The molecule has 1 aliphatic carbocycles. The van der Waals surface area contributed by atoms with Crippen molar-refractivity contribution in [2.24, 2.45) is 5.92 Å². The first-order valence-electron chi connectivity index (χ1n) is 9.44. The second kappa shape index (κ2) is 6.01. The first-order valence-corrected chi connectivity index (χ1v) is 9.44. The van der Waals surface area contributed by atoms with Crippen LogP contribution in [0, 0.1) is 5.92 Å². The molecule has 2 heterocycles. The summed E-state index contributed by atoms with van der Waals surface area (Å²) in [4.78, 5) is 2.65. The molecule has 4 rings (SSSR count). The number of fused-ring (bicyclic) bond motifs is 2. The van der Waals surface area contributed by atoms with E-state index in [-0.39, 0.29) is 0 Å². The fraction of sp³-hybridized carbons (Fsp3) is 0.700. The molecule has 0 amide bonds. The Morgan fingerprint density at radius 1 is 1.26 bits per heavy atom. The maximum absolute atomic E-state index is 6.21. The molecule has 1 fully saturated rings. The van der Waals surface area contributed by atoms with Crippen LogP contribution in [0.3, 0.4) is 0 Å². The second-order valence-electron chi connectivity index (χ2n) is 8.01. The predicted molar refractivity (Wildman–Crippen MR) is 95.8 cm³/mol. The third-order valence-electron chi connectivity index (χ3n) is 5.48. The van der Waals surface area contributed by atoms with Crippen molar-refractivity contribution in [1.82, 2.24) is 5.32 Å². The van der Waals surface area contributed by atoms with Gasteiger partial charge in [-0.1, -0.05) is 13.8 Å². The van der Waals surface area contributed by atoms with Crippen LogP contribution in [0.1, 0.15) is 56.2 Å². The van der Waals surface area contributed by atoms with E-state index in [2.05, 4.69) is 37.1 Å². The van der Waals surface area contributed by atoms with Crippen LogP contribution in [0.5, 0.6) is 5.75 Å². The van der Waals surface area contributed by atoms with Gasteiger partial charge in [0.25, 0.3) is 0 Å². The van der Waals surface area contributed by atoms with Gasteiger partial charge in [-0.3, -0.25) is 0 Å². The summed E-state index contributed by atoms with van der Waals surface area (Å²) >= 11 is 0. The molecule has 0 aromatic heterocycles. The van der Waals surface area contributed by atoms with Gasteiger partial charge in [0.05, 0.1) is 11.7 Å². The van der Waals surface area contributed by atoms with Crippen molar-refractivity contribution in [2.75, 3.05) is 31.1 Å². The summed E-state index contributed by atoms with van der Waals surface area (Å²) < 4.78 is 6.21. The van der Waals surface area contributed by atoms with E-state index < -0.39 is 0 Å². The SMILES string of the molecule is CC(C)CN1c2c(cc3c(c2C2CC2)CCNCC3)OC[C@@H]1C. The van der Waals surface area contributed by atoms with E-state index >= 15 is 0 Å². The highest BCUT2D eigenvalue weighted by Crippen LogP contribution is 2.52. The molecule has 126 valence electrons. The molecule has 0 bridgehead atoms. The molecule has 2 aliphatic heterocycles. The molecule has 3 nitrogen and oxygen atoms in total. The van der Waals surface area contributed by atoms with Crippen LogP contribution in [0.4, 0.5) is 5.69 Å². The summed E-state index contributed by atoms with van der Waals surface area (Å²) in [6.45, 7) is 11.1. The molecule has 1 N–H and O–H groups in total. The fourth-order valence-corrected chi connectivity index (χ4v) is 4.25. The van der Waals surface area contributed by atoms with Crippen molar-refractivity contribution in [3.8, 4) is 5.75 Å². The van der Waals surface area contributed by atoms with E-state index in [4.69, 9.17) is 4.74 Å². The van der Waals surface area contributed by atoms with E-state index in [9.17, 15) is 0 Å². The van der Waals surface area contributed by atoms with Gasteiger partial charge in [-0.15, -0.1) is 0 Å². The molecule has 3 heteroatoms. The Kier molecular flexibility index (Phi) is 4.00. The van der Waals surface area contributed by atoms with Crippen LogP contribution in [0.15, 0.2) is 6.07 Å². The minimum absolute atomic E-state index is 0.476. The summed E-state index contributed by atoms with van der Waals surface area (Å²) in [6, 6.07) is 2.84. The van der Waals surface area contributed by atoms with Gasteiger partial charge in [-0.05, 0) is 80.3 Å². The lowest BCUT2D eigenvalue weighted by atomic mass is 9.90. The maximum atomic E-state index is 6.21. The van der Waals surface area contributed by atoms with E-state index in [1.54, 1.807) is 11.1 Å². The third-order valence-corrected chi connectivity index (χ3v) is 5.48. The van der Waals surface area contributed by atoms with Crippen molar-refractivity contribution in [2.45, 2.75) is 58.4 Å². The van der Waals surface area contributed by atoms with E-state index in [0.29, 0.717) is 12.0 Å². The Labute approximate surface area is 140 Å². The molecule has 1 atom stereocenters. The average Bonchev–Trinajstić information content (AvgIpc) is 3.34. The minimum atomic E-state index is 0.476. The summed E-state index contributed by atoms with van der Waals surface area (Å²) in [6.07, 6.45) is 5.05. The zero-order chi connectivity index (χ0) is 16.0. The predicted octanol–water partition coefficient (Wildman–Crippen LogP) is 3.50. The molecule has 23 heavy (non-hydrogen) atoms. The van der Waals surface area contributed by atoms with Crippen LogP contribution in [0.2, 0.25) is 0 Å². The van der Waals surface area contributed by atoms with Gasteiger partial charge < -0.3 is 15.0 Å². The lowest BCUT2D eigenvalue weighted by molar-refractivity contribution is 0.265. The smallest absolute Gasteiger partial charge is 0.143 e. The largest absolute Gasteiger partial charge is 0.489 e. The Bertz CT molecular complexity index is 592. The monoisotopic (exact) mass is 314 g/mol. The zero-order valence-corrected chi connectivity index (χ0v) is 14.8. The van der Waals surface area contributed by atoms with Gasteiger partial charge >= 0.3 is 0 Å². The highest BCUT2D eigenvalue weighted by atomic mass is 16.5. The van der Waals surface area contributed by atoms with Crippen LogP contribution in [-0.4, -0.2) is 32.3 Å². The molecule has 1 saturated carbocycles. The number of nitrogens with one attached hydrogen (secondary N) is 1. The highest BCUT2D eigenvalue weighted by Gasteiger charge is 2.37. The van der Waals surface area contributed by atoms with E-state index in [1.165, 1.54) is 30.5 Å². The van der Waals surface area contributed by atoms with Gasteiger partial charge in [-0.2, -0.15) is 0 Å². The minimum Gasteiger partial charge on any atom is -0.489 e. The van der Waals surface area contributed by atoms with Gasteiger partial charge in [0.15, 0.2) is 0 Å². The number of ether oxygens (including phenoxy) is 1. The first-order chi connectivity index (χ1) is 11.1. The average molecular weight is 314 g/mol. The zero-order valence-electron chi connectivity index (χ0n) is 14.8. The van der Waals surface area contributed by atoms with Crippen molar-refractivity contribution >= 4 is 5.69 Å². The number of anilines is 1. The lowest BCUT2D eigenvalue weighted by Crippen LogP contribution is -2.43. The molecule has 0 radical (unpaired) electrons. The van der Waals surface area contributed by atoms with Gasteiger partial charge in [0, 0.05) is 6.54 Å². The van der Waals surface area contributed by atoms with Crippen LogP contribution in [-0.2, 0) is 12.8 Å². The summed E-state index contributed by atoms with van der Waals surface area (Å²) in [5, 5.41) is 3.57. The van der Waals surface area contributed by atoms with E-state index in [0.717, 1.165) is 44.3 Å². The van der Waals surface area contributed by atoms with Gasteiger partial charge in [-0.25, -0.2) is 0 Å². The van der Waals surface area contributed by atoms with Crippen LogP contribution >= 0.6 is 0 Å². The number of hydrogen-bond donors (Lipinski definition) is 1. The van der Waals surface area contributed by atoms with Crippen molar-refractivity contribution in [3.05, 3.63) is 22.8 Å². The van der Waals surface area contributed by atoms with Crippen molar-refractivity contribution in [1.29, 1.82) is 0 Å². The normalized spacial score (nSPS) is 24.0. The molecule has 0 saturated heterocycles. The van der Waals surface area contributed by atoms with Crippen LogP contribution in [0.25, 0.3) is 0 Å². The molecular formula is C20H30N2O. The van der Waals surface area contributed by atoms with Crippen molar-refractivity contribution in [3.63, 3.8) is 0 Å². The first kappa shape index (κ1) is 15.3. The van der Waals surface area contributed by atoms with Crippen LogP contribution < -0.4 is 15.0 Å². The molecule has 3 aliphatic rings. The highest BCUT2D eigenvalue weighted by molar-refractivity contribution is 5.71. The summed E-state index contributed by atoms with van der Waals surface area (Å²) in [7, 11) is 0.